The molecule has 0 spiro atoms. The normalized spacial score (nSPS) is 10.5. The molecule has 4 aromatic rings. The summed E-state index contributed by atoms with van der Waals surface area (Å²) in [6, 6.07) is 28.4. The van der Waals surface area contributed by atoms with E-state index in [0.717, 1.165) is 39.5 Å². The highest BCUT2D eigenvalue weighted by atomic mass is 16.5. The van der Waals surface area contributed by atoms with Crippen LogP contribution in [0.3, 0.4) is 0 Å². The van der Waals surface area contributed by atoms with Gasteiger partial charge < -0.3 is 24.1 Å². The predicted octanol–water partition coefficient (Wildman–Crippen LogP) is 6.35. The molecule has 6 heteroatoms. The molecule has 1 N–H and O–H groups in total. The number of hydrogen-bond donors (Lipinski definition) is 1. The highest BCUT2D eigenvalue weighted by molar-refractivity contribution is 5.87. The Bertz CT molecular complexity index is 1310. The Kier molecular flexibility index (Phi) is 8.66. The van der Waals surface area contributed by atoms with Crippen molar-refractivity contribution < 1.29 is 28.8 Å². The van der Waals surface area contributed by atoms with Gasteiger partial charge >= 0.3 is 5.97 Å². The summed E-state index contributed by atoms with van der Waals surface area (Å²) < 4.78 is 22.7. The lowest BCUT2D eigenvalue weighted by atomic mass is 10.0. The van der Waals surface area contributed by atoms with Crippen LogP contribution in [0.15, 0.2) is 91.0 Å². The van der Waals surface area contributed by atoms with E-state index in [-0.39, 0.29) is 5.56 Å². The topological polar surface area (TPSA) is 74.2 Å². The number of methoxy groups -OCH3 is 2. The van der Waals surface area contributed by atoms with Gasteiger partial charge in [-0.2, -0.15) is 0 Å². The Balaban J connectivity index is 1.49. The van der Waals surface area contributed by atoms with Gasteiger partial charge in [0.2, 0.25) is 0 Å². The average molecular weight is 499 g/mol. The molecule has 0 saturated carbocycles. The second kappa shape index (κ2) is 12.5. The molecule has 0 heterocycles. The molecule has 0 aliphatic carbocycles. The second-order valence-electron chi connectivity index (χ2n) is 8.55. The van der Waals surface area contributed by atoms with Gasteiger partial charge in [0.25, 0.3) is 0 Å². The summed E-state index contributed by atoms with van der Waals surface area (Å²) >= 11 is 0. The number of hydrogen-bond acceptors (Lipinski definition) is 5. The fourth-order valence-electron chi connectivity index (χ4n) is 3.88. The molecule has 0 aromatic heterocycles. The molecule has 0 radical (unpaired) electrons. The van der Waals surface area contributed by atoms with Gasteiger partial charge in [0, 0.05) is 6.07 Å². The van der Waals surface area contributed by atoms with Crippen molar-refractivity contribution in [3.63, 3.8) is 0 Å². The first-order valence-corrected chi connectivity index (χ1v) is 12.0. The van der Waals surface area contributed by atoms with Crippen molar-refractivity contribution >= 4 is 5.97 Å². The minimum absolute atomic E-state index is 0.288. The van der Waals surface area contributed by atoms with Gasteiger partial charge in [-0.05, 0) is 77.6 Å². The van der Waals surface area contributed by atoms with Crippen molar-refractivity contribution in [2.45, 2.75) is 26.1 Å². The third-order valence-electron chi connectivity index (χ3n) is 6.01. The lowest BCUT2D eigenvalue weighted by Crippen LogP contribution is -2.03. The molecule has 0 aliphatic heterocycles. The van der Waals surface area contributed by atoms with Crippen LogP contribution in [0.1, 0.15) is 32.6 Å². The number of aromatic carboxylic acids is 1. The van der Waals surface area contributed by atoms with Crippen LogP contribution in [-0.4, -0.2) is 25.3 Å². The molecule has 0 amide bonds. The maximum atomic E-state index is 11.3. The van der Waals surface area contributed by atoms with E-state index in [1.54, 1.807) is 32.4 Å². The number of aryl methyl sites for hydroxylation is 2. The summed E-state index contributed by atoms with van der Waals surface area (Å²) in [7, 11) is 3.28. The second-order valence-corrected chi connectivity index (χ2v) is 8.55. The zero-order valence-electron chi connectivity index (χ0n) is 21.0. The summed E-state index contributed by atoms with van der Waals surface area (Å²) in [6.07, 6.45) is 1.38. The van der Waals surface area contributed by atoms with Crippen molar-refractivity contribution in [1.82, 2.24) is 0 Å². The van der Waals surface area contributed by atoms with Crippen molar-refractivity contribution in [2.75, 3.05) is 14.2 Å². The molecular weight excluding hydrogens is 468 g/mol. The molecule has 0 bridgehead atoms. The average Bonchev–Trinajstić information content (AvgIpc) is 2.95. The van der Waals surface area contributed by atoms with Crippen molar-refractivity contribution in [1.29, 1.82) is 0 Å². The van der Waals surface area contributed by atoms with Gasteiger partial charge in [-0.1, -0.05) is 42.5 Å². The first-order valence-electron chi connectivity index (χ1n) is 12.0. The smallest absolute Gasteiger partial charge is 0.335 e. The highest BCUT2D eigenvalue weighted by Crippen LogP contribution is 2.28. The summed E-state index contributed by atoms with van der Waals surface area (Å²) in [5, 5.41) is 9.29. The molecule has 0 saturated heterocycles. The standard InChI is InChI=1S/C31H30O6/c1-34-27-13-7-23(8-14-27)20-36-29-17-12-25(11-6-22-4-3-5-26(18-22)31(32)33)30(19-29)37-21-24-9-15-28(35-2)16-10-24/h3-5,7-10,12-19H,6,11,20-21H2,1-2H3,(H,32,33). The molecule has 4 aromatic carbocycles. The van der Waals surface area contributed by atoms with Crippen LogP contribution in [0.25, 0.3) is 0 Å². The van der Waals surface area contributed by atoms with Crippen LogP contribution in [0, 0.1) is 0 Å². The Hall–Kier alpha value is -4.45. The zero-order chi connectivity index (χ0) is 26.0. The van der Waals surface area contributed by atoms with Crippen LogP contribution in [-0.2, 0) is 26.1 Å². The van der Waals surface area contributed by atoms with Gasteiger partial charge in [-0.25, -0.2) is 4.79 Å². The Morgan fingerprint density at radius 1 is 0.649 bits per heavy atom. The lowest BCUT2D eigenvalue weighted by molar-refractivity contribution is 0.0696. The number of carboxylic acids is 1. The SMILES string of the molecule is COc1ccc(COc2ccc(CCc3cccc(C(=O)O)c3)c(OCc3ccc(OC)cc3)c2)cc1. The third-order valence-corrected chi connectivity index (χ3v) is 6.01. The third kappa shape index (κ3) is 7.27. The first kappa shape index (κ1) is 25.6. The van der Waals surface area contributed by atoms with E-state index in [4.69, 9.17) is 18.9 Å². The maximum absolute atomic E-state index is 11.3. The fourth-order valence-corrected chi connectivity index (χ4v) is 3.88. The molecule has 6 nitrogen and oxygen atoms in total. The van der Waals surface area contributed by atoms with Gasteiger partial charge in [-0.15, -0.1) is 0 Å². The largest absolute Gasteiger partial charge is 0.497 e. The number of benzene rings is 4. The van der Waals surface area contributed by atoms with E-state index < -0.39 is 5.97 Å². The lowest BCUT2D eigenvalue weighted by Gasteiger charge is -2.15. The van der Waals surface area contributed by atoms with Gasteiger partial charge in [0.15, 0.2) is 0 Å². The minimum Gasteiger partial charge on any atom is -0.497 e. The summed E-state index contributed by atoms with van der Waals surface area (Å²) in [5.74, 6) is 2.11. The monoisotopic (exact) mass is 498 g/mol. The molecule has 0 fully saturated rings. The van der Waals surface area contributed by atoms with Gasteiger partial charge in [0.05, 0.1) is 19.8 Å². The molecule has 0 atom stereocenters. The number of ether oxygens (including phenoxy) is 4. The summed E-state index contributed by atoms with van der Waals surface area (Å²) in [6.45, 7) is 0.816. The molecule has 0 aliphatic rings. The molecule has 0 unspecified atom stereocenters. The maximum Gasteiger partial charge on any atom is 0.335 e. The Morgan fingerprint density at radius 2 is 1.24 bits per heavy atom. The Labute approximate surface area is 217 Å². The molecular formula is C31H30O6. The number of rotatable bonds is 12. The number of carboxylic acid groups (broad SMARTS) is 1. The van der Waals surface area contributed by atoms with Gasteiger partial charge in [-0.3, -0.25) is 0 Å². The molecule has 190 valence electrons. The van der Waals surface area contributed by atoms with Crippen LogP contribution in [0.5, 0.6) is 23.0 Å². The quantitative estimate of drug-likeness (QED) is 0.246. The first-order chi connectivity index (χ1) is 18.0. The minimum atomic E-state index is -0.927. The van der Waals surface area contributed by atoms with Crippen LogP contribution < -0.4 is 18.9 Å². The summed E-state index contributed by atoms with van der Waals surface area (Å²) in [4.78, 5) is 11.3. The number of carbonyl (C=O) groups is 1. The zero-order valence-corrected chi connectivity index (χ0v) is 21.0. The van der Waals surface area contributed by atoms with Crippen molar-refractivity contribution in [3.8, 4) is 23.0 Å². The van der Waals surface area contributed by atoms with Crippen molar-refractivity contribution in [3.05, 3.63) is 119 Å². The van der Waals surface area contributed by atoms with Crippen molar-refractivity contribution in [2.24, 2.45) is 0 Å². The van der Waals surface area contributed by atoms with Crippen LogP contribution >= 0.6 is 0 Å². The van der Waals surface area contributed by atoms with Crippen LogP contribution in [0.4, 0.5) is 0 Å². The van der Waals surface area contributed by atoms with E-state index in [2.05, 4.69) is 0 Å². The van der Waals surface area contributed by atoms with E-state index in [0.29, 0.717) is 31.8 Å². The Morgan fingerprint density at radius 3 is 1.84 bits per heavy atom. The van der Waals surface area contributed by atoms with Gasteiger partial charge in [0.1, 0.15) is 36.2 Å². The van der Waals surface area contributed by atoms with E-state index >= 15 is 0 Å². The van der Waals surface area contributed by atoms with Crippen LogP contribution in [0.2, 0.25) is 0 Å². The fraction of sp³-hybridized carbons (Fsp3) is 0.194. The van der Waals surface area contributed by atoms with E-state index in [1.807, 2.05) is 72.8 Å². The summed E-state index contributed by atoms with van der Waals surface area (Å²) in [5.41, 5.74) is 4.32. The molecule has 4 rings (SSSR count). The predicted molar refractivity (Wildman–Crippen MR) is 142 cm³/mol. The van der Waals surface area contributed by atoms with E-state index in [9.17, 15) is 9.90 Å². The molecule has 37 heavy (non-hydrogen) atoms. The van der Waals surface area contributed by atoms with E-state index in [1.165, 1.54) is 0 Å². The highest BCUT2D eigenvalue weighted by Gasteiger charge is 2.10.